The largest absolute Gasteiger partial charge is 0.491 e. The van der Waals surface area contributed by atoms with E-state index in [1.54, 1.807) is 6.07 Å². The van der Waals surface area contributed by atoms with Gasteiger partial charge in [0.25, 0.3) is 0 Å². The Kier molecular flexibility index (Phi) is 3.83. The first-order valence-electron chi connectivity index (χ1n) is 8.48. The number of halogens is 2. The molecule has 28 heavy (non-hydrogen) atoms. The third kappa shape index (κ3) is 2.71. The van der Waals surface area contributed by atoms with E-state index in [2.05, 4.69) is 15.2 Å². The Morgan fingerprint density at radius 3 is 2.89 bits per heavy atom. The van der Waals surface area contributed by atoms with Gasteiger partial charge in [0.15, 0.2) is 5.82 Å². The summed E-state index contributed by atoms with van der Waals surface area (Å²) in [6, 6.07) is 8.89. The molecule has 1 aliphatic heterocycles. The minimum absolute atomic E-state index is 0.177. The fraction of sp³-hybridized carbons (Fsp3) is 0.105. The monoisotopic (exact) mass is 397 g/mol. The summed E-state index contributed by atoms with van der Waals surface area (Å²) >= 11 is 1.46. The molecule has 0 fully saturated rings. The van der Waals surface area contributed by atoms with Crippen LogP contribution in [0, 0.1) is 11.6 Å². The van der Waals surface area contributed by atoms with Crippen molar-refractivity contribution in [3.05, 3.63) is 59.9 Å². The second-order valence-electron chi connectivity index (χ2n) is 6.27. The zero-order chi connectivity index (χ0) is 19.3. The van der Waals surface area contributed by atoms with Crippen LogP contribution in [0.2, 0.25) is 0 Å². The standard InChI is InChI=1S/C19H13F2N5OS/c20-11-1-2-13(12(21)8-11)26-9-23-25-19(26)15-7-10-5-6-27-14-3-4-16(22)24-17(14)18(10)28-15/h1-4,7-9H,5-6H2,(H2,22,24). The van der Waals surface area contributed by atoms with Crippen molar-refractivity contribution in [3.63, 3.8) is 0 Å². The van der Waals surface area contributed by atoms with E-state index in [1.807, 2.05) is 12.1 Å². The molecule has 0 bridgehead atoms. The lowest BCUT2D eigenvalue weighted by molar-refractivity contribution is 0.325. The summed E-state index contributed by atoms with van der Waals surface area (Å²) in [5.74, 6) is 0.218. The second-order valence-corrected chi connectivity index (χ2v) is 7.32. The van der Waals surface area contributed by atoms with Gasteiger partial charge in [-0.2, -0.15) is 0 Å². The lowest BCUT2D eigenvalue weighted by Gasteiger charge is -2.07. The van der Waals surface area contributed by atoms with Crippen LogP contribution in [0.15, 0.2) is 42.7 Å². The quantitative estimate of drug-likeness (QED) is 0.556. The van der Waals surface area contributed by atoms with Crippen molar-refractivity contribution in [2.45, 2.75) is 6.42 Å². The molecule has 0 amide bonds. The summed E-state index contributed by atoms with van der Waals surface area (Å²) in [7, 11) is 0. The molecule has 0 atom stereocenters. The van der Waals surface area contributed by atoms with Gasteiger partial charge < -0.3 is 10.5 Å². The molecule has 5 rings (SSSR count). The van der Waals surface area contributed by atoms with Crippen molar-refractivity contribution in [3.8, 4) is 32.7 Å². The maximum Gasteiger partial charge on any atom is 0.178 e. The molecule has 0 unspecified atom stereocenters. The summed E-state index contributed by atoms with van der Waals surface area (Å²) in [6.45, 7) is 0.515. The van der Waals surface area contributed by atoms with Gasteiger partial charge in [-0.3, -0.25) is 4.57 Å². The number of thiophene rings is 1. The van der Waals surface area contributed by atoms with E-state index >= 15 is 0 Å². The Morgan fingerprint density at radius 2 is 2.04 bits per heavy atom. The molecule has 4 aromatic rings. The number of anilines is 1. The van der Waals surface area contributed by atoms with Gasteiger partial charge >= 0.3 is 0 Å². The van der Waals surface area contributed by atoms with Crippen molar-refractivity contribution in [1.29, 1.82) is 0 Å². The van der Waals surface area contributed by atoms with Crippen LogP contribution in [0.3, 0.4) is 0 Å². The molecule has 140 valence electrons. The van der Waals surface area contributed by atoms with Gasteiger partial charge in [-0.15, -0.1) is 21.5 Å². The minimum atomic E-state index is -0.688. The highest BCUT2D eigenvalue weighted by Crippen LogP contribution is 2.43. The zero-order valence-corrected chi connectivity index (χ0v) is 15.2. The molecule has 4 heterocycles. The molecule has 0 spiro atoms. The number of benzene rings is 1. The summed E-state index contributed by atoms with van der Waals surface area (Å²) < 4.78 is 34.8. The van der Waals surface area contributed by atoms with E-state index in [0.717, 1.165) is 21.4 Å². The topological polar surface area (TPSA) is 78.9 Å². The van der Waals surface area contributed by atoms with Gasteiger partial charge in [-0.1, -0.05) is 0 Å². The first-order chi connectivity index (χ1) is 13.6. The summed E-state index contributed by atoms with van der Waals surface area (Å²) in [6.07, 6.45) is 2.10. The minimum Gasteiger partial charge on any atom is -0.491 e. The molecule has 0 radical (unpaired) electrons. The summed E-state index contributed by atoms with van der Waals surface area (Å²) in [4.78, 5) is 6.16. The van der Waals surface area contributed by atoms with Gasteiger partial charge in [0.2, 0.25) is 0 Å². The highest BCUT2D eigenvalue weighted by atomic mass is 32.1. The van der Waals surface area contributed by atoms with Gasteiger partial charge in [-0.05, 0) is 35.9 Å². The Hall–Kier alpha value is -3.33. The number of rotatable bonds is 2. The van der Waals surface area contributed by atoms with Crippen molar-refractivity contribution in [2.75, 3.05) is 12.3 Å². The maximum absolute atomic E-state index is 14.3. The molecule has 0 saturated carbocycles. The number of ether oxygens (including phenoxy) is 1. The predicted molar refractivity (Wildman–Crippen MR) is 101 cm³/mol. The van der Waals surface area contributed by atoms with Crippen molar-refractivity contribution < 1.29 is 13.5 Å². The molecule has 1 aromatic carbocycles. The van der Waals surface area contributed by atoms with E-state index in [0.29, 0.717) is 36.1 Å². The van der Waals surface area contributed by atoms with E-state index in [1.165, 1.54) is 34.4 Å². The first kappa shape index (κ1) is 16.8. The number of nitrogens with zero attached hydrogens (tertiary/aromatic N) is 4. The molecule has 0 saturated heterocycles. The Labute approximate surface area is 162 Å². The number of pyridine rings is 1. The zero-order valence-electron chi connectivity index (χ0n) is 14.4. The molecular formula is C19H13F2N5OS. The van der Waals surface area contributed by atoms with Crippen LogP contribution in [0.25, 0.3) is 27.0 Å². The molecule has 3 aromatic heterocycles. The van der Waals surface area contributed by atoms with Crippen LogP contribution in [-0.4, -0.2) is 26.4 Å². The van der Waals surface area contributed by atoms with E-state index in [4.69, 9.17) is 10.5 Å². The van der Waals surface area contributed by atoms with Gasteiger partial charge in [0.1, 0.15) is 35.2 Å². The lowest BCUT2D eigenvalue weighted by Crippen LogP contribution is -2.00. The average Bonchev–Trinajstić information content (AvgIpc) is 3.27. The third-order valence-electron chi connectivity index (χ3n) is 4.47. The van der Waals surface area contributed by atoms with E-state index in [9.17, 15) is 8.78 Å². The second kappa shape index (κ2) is 6.38. The highest BCUT2D eigenvalue weighted by Gasteiger charge is 2.23. The molecule has 6 nitrogen and oxygen atoms in total. The van der Waals surface area contributed by atoms with Crippen LogP contribution >= 0.6 is 11.3 Å². The number of nitrogen functional groups attached to an aromatic ring is 1. The lowest BCUT2D eigenvalue weighted by atomic mass is 10.1. The Bertz CT molecular complexity index is 1200. The van der Waals surface area contributed by atoms with Crippen LogP contribution < -0.4 is 10.5 Å². The fourth-order valence-electron chi connectivity index (χ4n) is 3.19. The van der Waals surface area contributed by atoms with Crippen LogP contribution in [0.5, 0.6) is 5.75 Å². The first-order valence-corrected chi connectivity index (χ1v) is 9.30. The van der Waals surface area contributed by atoms with Crippen LogP contribution in [0.1, 0.15) is 5.56 Å². The Balaban J connectivity index is 1.65. The third-order valence-corrected chi connectivity index (χ3v) is 5.65. The van der Waals surface area contributed by atoms with Crippen molar-refractivity contribution >= 4 is 17.2 Å². The molecule has 9 heteroatoms. The molecule has 1 aliphatic rings. The number of aromatic nitrogens is 4. The smallest absolute Gasteiger partial charge is 0.178 e. The molecule has 2 N–H and O–H groups in total. The van der Waals surface area contributed by atoms with Crippen molar-refractivity contribution in [2.24, 2.45) is 0 Å². The number of hydrogen-bond acceptors (Lipinski definition) is 6. The fourth-order valence-corrected chi connectivity index (χ4v) is 4.38. The maximum atomic E-state index is 14.3. The Morgan fingerprint density at radius 1 is 1.14 bits per heavy atom. The van der Waals surface area contributed by atoms with E-state index < -0.39 is 11.6 Å². The van der Waals surface area contributed by atoms with Gasteiger partial charge in [-0.25, -0.2) is 13.8 Å². The summed E-state index contributed by atoms with van der Waals surface area (Å²) in [5.41, 5.74) is 7.77. The van der Waals surface area contributed by atoms with Crippen LogP contribution in [0.4, 0.5) is 14.6 Å². The van der Waals surface area contributed by atoms with Crippen LogP contribution in [-0.2, 0) is 6.42 Å². The van der Waals surface area contributed by atoms with Gasteiger partial charge in [0, 0.05) is 12.5 Å². The molecule has 0 aliphatic carbocycles. The molecular weight excluding hydrogens is 384 g/mol. The van der Waals surface area contributed by atoms with Crippen molar-refractivity contribution in [1.82, 2.24) is 19.7 Å². The number of nitrogens with two attached hydrogens (primary N) is 1. The SMILES string of the molecule is Nc1ccc2c(n1)-c1sc(-c3nncn3-c3ccc(F)cc3F)cc1CCO2. The predicted octanol–water partition coefficient (Wildman–Crippen LogP) is 3.85. The number of fused-ring (bicyclic) bond motifs is 3. The normalized spacial score (nSPS) is 12.8. The number of hydrogen-bond donors (Lipinski definition) is 1. The highest BCUT2D eigenvalue weighted by molar-refractivity contribution is 7.19. The van der Waals surface area contributed by atoms with Gasteiger partial charge in [0.05, 0.1) is 22.0 Å². The summed E-state index contributed by atoms with van der Waals surface area (Å²) in [5, 5.41) is 8.07. The average molecular weight is 397 g/mol. The van der Waals surface area contributed by atoms with E-state index in [-0.39, 0.29) is 5.69 Å².